The molecule has 2 aliphatic heterocycles. The van der Waals surface area contributed by atoms with Crippen molar-refractivity contribution < 1.29 is 14.3 Å². The summed E-state index contributed by atoms with van der Waals surface area (Å²) >= 11 is 0. The number of ether oxygens (including phenoxy) is 2. The Morgan fingerprint density at radius 3 is 2.83 bits per heavy atom. The molecule has 2 N–H and O–H groups in total. The van der Waals surface area contributed by atoms with Gasteiger partial charge in [-0.1, -0.05) is 6.92 Å². The van der Waals surface area contributed by atoms with Gasteiger partial charge in [-0.05, 0) is 18.3 Å². The molecule has 1 amide bonds. The molecule has 2 saturated heterocycles. The highest BCUT2D eigenvalue weighted by atomic mass is 16.5. The SMILES string of the molecule is CC1(CNC(=O)CC2CNCCO2)CCOCC1. The summed E-state index contributed by atoms with van der Waals surface area (Å²) in [5.41, 5.74) is 0.194. The lowest BCUT2D eigenvalue weighted by molar-refractivity contribution is -0.125. The van der Waals surface area contributed by atoms with Crippen LogP contribution in [0, 0.1) is 5.41 Å². The third-order valence-electron chi connectivity index (χ3n) is 3.83. The van der Waals surface area contributed by atoms with E-state index in [2.05, 4.69) is 17.6 Å². The van der Waals surface area contributed by atoms with Gasteiger partial charge in [-0.2, -0.15) is 0 Å². The van der Waals surface area contributed by atoms with Crippen LogP contribution in [0.3, 0.4) is 0 Å². The minimum atomic E-state index is 0.0289. The highest BCUT2D eigenvalue weighted by Gasteiger charge is 2.28. The average Bonchev–Trinajstić information content (AvgIpc) is 2.39. The maximum atomic E-state index is 11.8. The van der Waals surface area contributed by atoms with Crippen LogP contribution in [0.5, 0.6) is 0 Å². The molecule has 2 fully saturated rings. The van der Waals surface area contributed by atoms with E-state index in [4.69, 9.17) is 9.47 Å². The van der Waals surface area contributed by atoms with Gasteiger partial charge in [0.05, 0.1) is 19.1 Å². The van der Waals surface area contributed by atoms with Crippen LogP contribution in [-0.2, 0) is 14.3 Å². The van der Waals surface area contributed by atoms with E-state index in [0.717, 1.165) is 45.7 Å². The van der Waals surface area contributed by atoms with E-state index in [9.17, 15) is 4.79 Å². The van der Waals surface area contributed by atoms with Crippen molar-refractivity contribution in [2.45, 2.75) is 32.3 Å². The van der Waals surface area contributed by atoms with Crippen molar-refractivity contribution in [1.82, 2.24) is 10.6 Å². The monoisotopic (exact) mass is 256 g/mol. The molecule has 0 radical (unpaired) electrons. The third kappa shape index (κ3) is 4.23. The second-order valence-corrected chi connectivity index (χ2v) is 5.60. The van der Waals surface area contributed by atoms with Crippen molar-refractivity contribution in [1.29, 1.82) is 0 Å². The van der Waals surface area contributed by atoms with Gasteiger partial charge in [0.2, 0.25) is 5.91 Å². The molecule has 1 atom stereocenters. The van der Waals surface area contributed by atoms with Gasteiger partial charge >= 0.3 is 0 Å². The molecule has 0 aromatic carbocycles. The highest BCUT2D eigenvalue weighted by Crippen LogP contribution is 2.28. The normalized spacial score (nSPS) is 27.7. The number of hydrogen-bond donors (Lipinski definition) is 2. The Morgan fingerprint density at radius 2 is 2.17 bits per heavy atom. The Kier molecular flexibility index (Phi) is 4.97. The van der Waals surface area contributed by atoms with Crippen LogP contribution in [0.1, 0.15) is 26.2 Å². The molecule has 2 heterocycles. The Bertz CT molecular complexity index is 271. The number of carbonyl (C=O) groups excluding carboxylic acids is 1. The molecule has 0 aromatic heterocycles. The summed E-state index contributed by atoms with van der Waals surface area (Å²) in [5.74, 6) is 0.0939. The van der Waals surface area contributed by atoms with E-state index >= 15 is 0 Å². The third-order valence-corrected chi connectivity index (χ3v) is 3.83. The molecule has 0 aliphatic carbocycles. The van der Waals surface area contributed by atoms with Crippen molar-refractivity contribution in [3.8, 4) is 0 Å². The van der Waals surface area contributed by atoms with Crippen LogP contribution in [0.4, 0.5) is 0 Å². The fourth-order valence-corrected chi connectivity index (χ4v) is 2.38. The van der Waals surface area contributed by atoms with E-state index in [1.807, 2.05) is 0 Å². The molecule has 5 heteroatoms. The molecule has 0 spiro atoms. The summed E-state index contributed by atoms with van der Waals surface area (Å²) < 4.78 is 10.9. The van der Waals surface area contributed by atoms with Crippen molar-refractivity contribution in [3.63, 3.8) is 0 Å². The molecular weight excluding hydrogens is 232 g/mol. The Morgan fingerprint density at radius 1 is 1.39 bits per heavy atom. The first-order valence-corrected chi connectivity index (χ1v) is 6.85. The lowest BCUT2D eigenvalue weighted by Gasteiger charge is -2.33. The molecule has 2 aliphatic rings. The van der Waals surface area contributed by atoms with E-state index in [0.29, 0.717) is 13.0 Å². The maximum absolute atomic E-state index is 11.8. The molecule has 0 saturated carbocycles. The maximum Gasteiger partial charge on any atom is 0.222 e. The fraction of sp³-hybridized carbons (Fsp3) is 0.923. The molecular formula is C13H24N2O3. The molecule has 18 heavy (non-hydrogen) atoms. The Labute approximate surface area is 109 Å². The van der Waals surface area contributed by atoms with E-state index in [1.54, 1.807) is 0 Å². The van der Waals surface area contributed by atoms with Gasteiger partial charge in [0, 0.05) is 32.8 Å². The summed E-state index contributed by atoms with van der Waals surface area (Å²) in [4.78, 5) is 11.8. The zero-order valence-electron chi connectivity index (χ0n) is 11.2. The Balaban J connectivity index is 1.67. The number of morpholine rings is 1. The zero-order chi connectivity index (χ0) is 12.8. The molecule has 2 rings (SSSR count). The molecule has 0 bridgehead atoms. The van der Waals surface area contributed by atoms with Crippen LogP contribution in [0.25, 0.3) is 0 Å². The van der Waals surface area contributed by atoms with E-state index in [1.165, 1.54) is 0 Å². The van der Waals surface area contributed by atoms with Crippen LogP contribution in [-0.4, -0.2) is 51.5 Å². The minimum absolute atomic E-state index is 0.0289. The predicted octanol–water partition coefficient (Wildman–Crippen LogP) is 0.298. The lowest BCUT2D eigenvalue weighted by atomic mass is 9.82. The van der Waals surface area contributed by atoms with E-state index in [-0.39, 0.29) is 17.4 Å². The quantitative estimate of drug-likeness (QED) is 0.759. The molecule has 0 aromatic rings. The minimum Gasteiger partial charge on any atom is -0.381 e. The molecule has 104 valence electrons. The second kappa shape index (κ2) is 6.50. The number of nitrogens with one attached hydrogen (secondary N) is 2. The summed E-state index contributed by atoms with van der Waals surface area (Å²) in [6.07, 6.45) is 2.53. The number of amides is 1. The van der Waals surface area contributed by atoms with Crippen LogP contribution in [0.2, 0.25) is 0 Å². The number of hydrogen-bond acceptors (Lipinski definition) is 4. The summed E-state index contributed by atoms with van der Waals surface area (Å²) in [6, 6.07) is 0. The predicted molar refractivity (Wildman–Crippen MR) is 68.4 cm³/mol. The van der Waals surface area contributed by atoms with Crippen molar-refractivity contribution >= 4 is 5.91 Å². The average molecular weight is 256 g/mol. The lowest BCUT2D eigenvalue weighted by Crippen LogP contribution is -2.44. The summed E-state index contributed by atoms with van der Waals surface area (Å²) in [5, 5.41) is 6.27. The molecule has 1 unspecified atom stereocenters. The van der Waals surface area contributed by atoms with Gasteiger partial charge in [0.25, 0.3) is 0 Å². The first-order valence-electron chi connectivity index (χ1n) is 6.85. The van der Waals surface area contributed by atoms with Crippen molar-refractivity contribution in [2.75, 3.05) is 39.5 Å². The van der Waals surface area contributed by atoms with Gasteiger partial charge in [-0.15, -0.1) is 0 Å². The van der Waals surface area contributed by atoms with Crippen molar-refractivity contribution in [2.24, 2.45) is 5.41 Å². The van der Waals surface area contributed by atoms with Crippen LogP contribution in [0.15, 0.2) is 0 Å². The Hall–Kier alpha value is -0.650. The van der Waals surface area contributed by atoms with Gasteiger partial charge < -0.3 is 20.1 Å². The van der Waals surface area contributed by atoms with Gasteiger partial charge in [-0.3, -0.25) is 4.79 Å². The van der Waals surface area contributed by atoms with Gasteiger partial charge in [0.1, 0.15) is 0 Å². The highest BCUT2D eigenvalue weighted by molar-refractivity contribution is 5.76. The fourth-order valence-electron chi connectivity index (χ4n) is 2.38. The van der Waals surface area contributed by atoms with E-state index < -0.39 is 0 Å². The standard InChI is InChI=1S/C13H24N2O3/c1-13(2-5-17-6-3-13)10-15-12(16)8-11-9-14-4-7-18-11/h11,14H,2-10H2,1H3,(H,15,16). The summed E-state index contributed by atoms with van der Waals surface area (Å²) in [7, 11) is 0. The number of carbonyl (C=O) groups is 1. The van der Waals surface area contributed by atoms with Gasteiger partial charge in [-0.25, -0.2) is 0 Å². The zero-order valence-corrected chi connectivity index (χ0v) is 11.2. The van der Waals surface area contributed by atoms with Crippen LogP contribution < -0.4 is 10.6 Å². The van der Waals surface area contributed by atoms with Crippen LogP contribution >= 0.6 is 0 Å². The number of rotatable bonds is 4. The van der Waals surface area contributed by atoms with Gasteiger partial charge in [0.15, 0.2) is 0 Å². The summed E-state index contributed by atoms with van der Waals surface area (Å²) in [6.45, 7) is 6.94. The first-order chi connectivity index (χ1) is 8.68. The van der Waals surface area contributed by atoms with Crippen molar-refractivity contribution in [3.05, 3.63) is 0 Å². The second-order valence-electron chi connectivity index (χ2n) is 5.60. The smallest absolute Gasteiger partial charge is 0.222 e. The first kappa shape index (κ1) is 13.8. The topological polar surface area (TPSA) is 59.6 Å². The molecule has 5 nitrogen and oxygen atoms in total. The largest absolute Gasteiger partial charge is 0.381 e.